The SMILES string of the molecule is CCOC(=O)CN(C(=O)CCC1CCCCO1)C(C)C. The van der Waals surface area contributed by atoms with E-state index in [0.717, 1.165) is 25.9 Å². The van der Waals surface area contributed by atoms with E-state index < -0.39 is 0 Å². The second-order valence-corrected chi connectivity index (χ2v) is 5.45. The lowest BCUT2D eigenvalue weighted by Gasteiger charge is -2.27. The van der Waals surface area contributed by atoms with Crippen LogP contribution in [-0.4, -0.2) is 48.7 Å². The van der Waals surface area contributed by atoms with Crippen molar-refractivity contribution < 1.29 is 19.1 Å². The van der Waals surface area contributed by atoms with E-state index in [9.17, 15) is 9.59 Å². The number of carbonyl (C=O) groups excluding carboxylic acids is 2. The summed E-state index contributed by atoms with van der Waals surface area (Å²) in [6, 6.07) is -0.000759. The van der Waals surface area contributed by atoms with Gasteiger partial charge in [-0.2, -0.15) is 0 Å². The van der Waals surface area contributed by atoms with Gasteiger partial charge in [0.2, 0.25) is 5.91 Å². The van der Waals surface area contributed by atoms with Crippen molar-refractivity contribution in [2.24, 2.45) is 0 Å². The van der Waals surface area contributed by atoms with Crippen LogP contribution in [-0.2, 0) is 19.1 Å². The molecule has 1 atom stereocenters. The molecule has 1 saturated heterocycles. The molecule has 1 rings (SSSR count). The van der Waals surface area contributed by atoms with E-state index in [-0.39, 0.29) is 30.6 Å². The van der Waals surface area contributed by atoms with Gasteiger partial charge in [-0.25, -0.2) is 0 Å². The minimum atomic E-state index is -0.344. The van der Waals surface area contributed by atoms with Crippen LogP contribution in [0.4, 0.5) is 0 Å². The van der Waals surface area contributed by atoms with Crippen molar-refractivity contribution in [1.29, 1.82) is 0 Å². The highest BCUT2D eigenvalue weighted by molar-refractivity contribution is 5.82. The van der Waals surface area contributed by atoms with E-state index >= 15 is 0 Å². The number of nitrogens with zero attached hydrogens (tertiary/aromatic N) is 1. The molecule has 0 spiro atoms. The highest BCUT2D eigenvalue weighted by Crippen LogP contribution is 2.18. The van der Waals surface area contributed by atoms with Gasteiger partial charge >= 0.3 is 5.97 Å². The summed E-state index contributed by atoms with van der Waals surface area (Å²) >= 11 is 0. The molecule has 0 aromatic rings. The van der Waals surface area contributed by atoms with Crippen molar-refractivity contribution in [2.75, 3.05) is 19.8 Å². The first-order valence-corrected chi connectivity index (χ1v) is 7.61. The summed E-state index contributed by atoms with van der Waals surface area (Å²) in [5.41, 5.74) is 0. The van der Waals surface area contributed by atoms with Gasteiger partial charge in [0.15, 0.2) is 0 Å². The molecular weight excluding hydrogens is 258 g/mol. The number of hydrogen-bond donors (Lipinski definition) is 0. The highest BCUT2D eigenvalue weighted by Gasteiger charge is 2.22. The van der Waals surface area contributed by atoms with Crippen LogP contribution < -0.4 is 0 Å². The lowest BCUT2D eigenvalue weighted by molar-refractivity contribution is -0.150. The fourth-order valence-electron chi connectivity index (χ4n) is 2.37. The maximum Gasteiger partial charge on any atom is 0.325 e. The standard InChI is InChI=1S/C15H27NO4/c1-4-19-15(18)11-16(12(2)3)14(17)9-8-13-7-5-6-10-20-13/h12-13H,4-11H2,1-3H3. The molecule has 5 heteroatoms. The Bertz CT molecular complexity index is 311. The third-order valence-electron chi connectivity index (χ3n) is 3.50. The molecule has 1 aliphatic rings. The van der Waals surface area contributed by atoms with E-state index in [2.05, 4.69) is 0 Å². The Morgan fingerprint density at radius 1 is 1.35 bits per heavy atom. The summed E-state index contributed by atoms with van der Waals surface area (Å²) in [4.78, 5) is 25.3. The molecule has 1 heterocycles. The highest BCUT2D eigenvalue weighted by atomic mass is 16.5. The van der Waals surface area contributed by atoms with Crippen LogP contribution in [0, 0.1) is 0 Å². The van der Waals surface area contributed by atoms with Crippen LogP contribution in [0.15, 0.2) is 0 Å². The van der Waals surface area contributed by atoms with E-state index in [1.807, 2.05) is 13.8 Å². The Labute approximate surface area is 121 Å². The summed E-state index contributed by atoms with van der Waals surface area (Å²) in [5.74, 6) is -0.342. The minimum absolute atomic E-state index is 0.000759. The number of amides is 1. The van der Waals surface area contributed by atoms with Crippen LogP contribution in [0.3, 0.4) is 0 Å². The molecule has 0 saturated carbocycles. The van der Waals surface area contributed by atoms with Gasteiger partial charge in [-0.05, 0) is 46.5 Å². The minimum Gasteiger partial charge on any atom is -0.465 e. The number of rotatable bonds is 7. The van der Waals surface area contributed by atoms with Gasteiger partial charge in [0.05, 0.1) is 12.7 Å². The lowest BCUT2D eigenvalue weighted by atomic mass is 10.0. The average Bonchev–Trinajstić information content (AvgIpc) is 2.43. The third kappa shape index (κ3) is 5.90. The summed E-state index contributed by atoms with van der Waals surface area (Å²) in [7, 11) is 0. The van der Waals surface area contributed by atoms with Gasteiger partial charge in [0, 0.05) is 19.1 Å². The Morgan fingerprint density at radius 2 is 2.10 bits per heavy atom. The maximum atomic E-state index is 12.2. The molecule has 1 aliphatic heterocycles. The van der Waals surface area contributed by atoms with Gasteiger partial charge in [-0.15, -0.1) is 0 Å². The number of ether oxygens (including phenoxy) is 2. The zero-order chi connectivity index (χ0) is 15.0. The van der Waals surface area contributed by atoms with Crippen LogP contribution in [0.1, 0.15) is 52.9 Å². The first-order chi connectivity index (χ1) is 9.54. The van der Waals surface area contributed by atoms with Gasteiger partial charge in [-0.1, -0.05) is 0 Å². The van der Waals surface area contributed by atoms with Crippen molar-refractivity contribution in [3.05, 3.63) is 0 Å². The third-order valence-corrected chi connectivity index (χ3v) is 3.50. The molecular formula is C15H27NO4. The Hall–Kier alpha value is -1.10. The van der Waals surface area contributed by atoms with Crippen LogP contribution in [0.2, 0.25) is 0 Å². The molecule has 1 amide bonds. The summed E-state index contributed by atoms with van der Waals surface area (Å²) < 4.78 is 10.5. The second-order valence-electron chi connectivity index (χ2n) is 5.45. The Kier molecular flexibility index (Phi) is 7.59. The van der Waals surface area contributed by atoms with Crippen LogP contribution in [0.5, 0.6) is 0 Å². The molecule has 1 unspecified atom stereocenters. The molecule has 5 nitrogen and oxygen atoms in total. The molecule has 0 aromatic heterocycles. The predicted octanol–water partition coefficient (Wildman–Crippen LogP) is 2.14. The molecule has 1 fully saturated rings. The van der Waals surface area contributed by atoms with Crippen molar-refractivity contribution >= 4 is 11.9 Å². The van der Waals surface area contributed by atoms with Crippen LogP contribution >= 0.6 is 0 Å². The summed E-state index contributed by atoms with van der Waals surface area (Å²) in [6.07, 6.45) is 4.70. The normalized spacial score (nSPS) is 18.9. The smallest absolute Gasteiger partial charge is 0.325 e. The largest absolute Gasteiger partial charge is 0.465 e. The quantitative estimate of drug-likeness (QED) is 0.672. The van der Waals surface area contributed by atoms with E-state index in [4.69, 9.17) is 9.47 Å². The van der Waals surface area contributed by atoms with Gasteiger partial charge in [-0.3, -0.25) is 9.59 Å². The maximum absolute atomic E-state index is 12.2. The second kappa shape index (κ2) is 8.95. The molecule has 0 aliphatic carbocycles. The molecule has 20 heavy (non-hydrogen) atoms. The van der Waals surface area contributed by atoms with Crippen molar-refractivity contribution in [3.8, 4) is 0 Å². The van der Waals surface area contributed by atoms with E-state index in [1.165, 1.54) is 6.42 Å². The van der Waals surface area contributed by atoms with Crippen molar-refractivity contribution in [1.82, 2.24) is 4.90 Å². The van der Waals surface area contributed by atoms with Gasteiger partial charge in [0.25, 0.3) is 0 Å². The monoisotopic (exact) mass is 285 g/mol. The van der Waals surface area contributed by atoms with E-state index in [0.29, 0.717) is 13.0 Å². The van der Waals surface area contributed by atoms with Crippen molar-refractivity contribution in [2.45, 2.75) is 65.0 Å². The Balaban J connectivity index is 2.40. The molecule has 0 bridgehead atoms. The first kappa shape index (κ1) is 17.0. The number of esters is 1. The number of hydrogen-bond acceptors (Lipinski definition) is 4. The number of carbonyl (C=O) groups is 2. The molecule has 116 valence electrons. The predicted molar refractivity (Wildman–Crippen MR) is 76.3 cm³/mol. The molecule has 0 N–H and O–H groups in total. The Morgan fingerprint density at radius 3 is 2.65 bits per heavy atom. The molecule has 0 aromatic carbocycles. The lowest BCUT2D eigenvalue weighted by Crippen LogP contribution is -2.41. The first-order valence-electron chi connectivity index (χ1n) is 7.61. The fraction of sp³-hybridized carbons (Fsp3) is 0.867. The summed E-state index contributed by atoms with van der Waals surface area (Å²) in [5, 5.41) is 0. The van der Waals surface area contributed by atoms with E-state index in [1.54, 1.807) is 11.8 Å². The summed E-state index contributed by atoms with van der Waals surface area (Å²) in [6.45, 7) is 6.77. The zero-order valence-electron chi connectivity index (χ0n) is 12.9. The molecule has 0 radical (unpaired) electrons. The topological polar surface area (TPSA) is 55.8 Å². The zero-order valence-corrected chi connectivity index (χ0v) is 12.9. The average molecular weight is 285 g/mol. The fourth-order valence-corrected chi connectivity index (χ4v) is 2.37. The van der Waals surface area contributed by atoms with Crippen molar-refractivity contribution in [3.63, 3.8) is 0 Å². The van der Waals surface area contributed by atoms with Crippen LogP contribution in [0.25, 0.3) is 0 Å². The van der Waals surface area contributed by atoms with Gasteiger partial charge < -0.3 is 14.4 Å². The van der Waals surface area contributed by atoms with Gasteiger partial charge in [0.1, 0.15) is 6.54 Å².